The van der Waals surface area contributed by atoms with Crippen molar-refractivity contribution >= 4 is 5.91 Å². The van der Waals surface area contributed by atoms with Crippen LogP contribution < -0.4 is 10.1 Å². The number of piperidine rings is 1. The number of carbonyl (C=O) groups is 1. The van der Waals surface area contributed by atoms with Gasteiger partial charge in [0.2, 0.25) is 5.91 Å². The summed E-state index contributed by atoms with van der Waals surface area (Å²) in [6.07, 6.45) is 5.00. The molecule has 1 amide bonds. The molecule has 0 aliphatic carbocycles. The molecule has 2 rings (SSSR count). The van der Waals surface area contributed by atoms with Crippen LogP contribution in [0, 0.1) is 0 Å². The van der Waals surface area contributed by atoms with Crippen LogP contribution in [0.1, 0.15) is 31.2 Å². The van der Waals surface area contributed by atoms with Gasteiger partial charge in [0.25, 0.3) is 0 Å². The van der Waals surface area contributed by atoms with Crippen LogP contribution in [0.2, 0.25) is 0 Å². The average Bonchev–Trinajstić information content (AvgIpc) is 2.53. The first-order chi connectivity index (χ1) is 10.2. The molecule has 1 aromatic rings. The van der Waals surface area contributed by atoms with Crippen molar-refractivity contribution in [3.05, 3.63) is 29.8 Å². The lowest BCUT2D eigenvalue weighted by Crippen LogP contribution is -2.45. The largest absolute Gasteiger partial charge is 0.497 e. The van der Waals surface area contributed by atoms with Crippen LogP contribution in [0.25, 0.3) is 0 Å². The van der Waals surface area contributed by atoms with E-state index in [1.54, 1.807) is 7.11 Å². The van der Waals surface area contributed by atoms with E-state index < -0.39 is 0 Å². The van der Waals surface area contributed by atoms with Crippen LogP contribution >= 0.6 is 0 Å². The Bertz CT molecular complexity index is 462. The Labute approximate surface area is 127 Å². The number of nitrogens with zero attached hydrogens (tertiary/aromatic N) is 1. The van der Waals surface area contributed by atoms with Gasteiger partial charge in [0.15, 0.2) is 0 Å². The summed E-state index contributed by atoms with van der Waals surface area (Å²) in [6.45, 7) is 1.87. The van der Waals surface area contributed by atoms with Crippen LogP contribution in [0.3, 0.4) is 0 Å². The fourth-order valence-corrected chi connectivity index (χ4v) is 3.00. The van der Waals surface area contributed by atoms with Gasteiger partial charge >= 0.3 is 0 Å². The molecule has 0 radical (unpaired) electrons. The van der Waals surface area contributed by atoms with E-state index in [0.29, 0.717) is 12.5 Å². The second kappa shape index (κ2) is 8.03. The zero-order valence-electron chi connectivity index (χ0n) is 13.1. The quantitative estimate of drug-likeness (QED) is 0.873. The van der Waals surface area contributed by atoms with Crippen molar-refractivity contribution in [2.75, 3.05) is 27.2 Å². The van der Waals surface area contributed by atoms with E-state index in [1.807, 2.05) is 31.3 Å². The number of nitrogens with one attached hydrogen (secondary N) is 1. The van der Waals surface area contributed by atoms with Crippen molar-refractivity contribution in [2.45, 2.75) is 38.1 Å². The van der Waals surface area contributed by atoms with Gasteiger partial charge < -0.3 is 15.0 Å². The molecule has 1 unspecified atom stereocenters. The molecule has 1 heterocycles. The average molecular weight is 290 g/mol. The van der Waals surface area contributed by atoms with Crippen LogP contribution in [0.5, 0.6) is 5.75 Å². The van der Waals surface area contributed by atoms with E-state index in [0.717, 1.165) is 43.7 Å². The number of hydrogen-bond donors (Lipinski definition) is 1. The Hall–Kier alpha value is -1.55. The van der Waals surface area contributed by atoms with Gasteiger partial charge in [-0.2, -0.15) is 0 Å². The normalized spacial score (nSPS) is 18.6. The third kappa shape index (κ3) is 4.46. The molecule has 21 heavy (non-hydrogen) atoms. The third-order valence-corrected chi connectivity index (χ3v) is 4.16. The van der Waals surface area contributed by atoms with Crippen molar-refractivity contribution in [1.29, 1.82) is 0 Å². The monoisotopic (exact) mass is 290 g/mol. The number of carbonyl (C=O) groups excluding carboxylic acids is 1. The highest BCUT2D eigenvalue weighted by atomic mass is 16.5. The van der Waals surface area contributed by atoms with Gasteiger partial charge in [-0.1, -0.05) is 12.1 Å². The van der Waals surface area contributed by atoms with Crippen LogP contribution in [0.15, 0.2) is 24.3 Å². The molecular weight excluding hydrogens is 264 g/mol. The van der Waals surface area contributed by atoms with Crippen molar-refractivity contribution < 1.29 is 9.53 Å². The van der Waals surface area contributed by atoms with Gasteiger partial charge in [-0.05, 0) is 57.0 Å². The number of ether oxygens (including phenoxy) is 1. The summed E-state index contributed by atoms with van der Waals surface area (Å²) >= 11 is 0. The van der Waals surface area contributed by atoms with Gasteiger partial charge in [0.05, 0.1) is 13.5 Å². The summed E-state index contributed by atoms with van der Waals surface area (Å²) in [6, 6.07) is 8.18. The van der Waals surface area contributed by atoms with Crippen LogP contribution in [0.4, 0.5) is 0 Å². The molecule has 4 heteroatoms. The Morgan fingerprint density at radius 2 is 2.29 bits per heavy atom. The Kier molecular flexibility index (Phi) is 6.05. The topological polar surface area (TPSA) is 41.6 Å². The zero-order chi connectivity index (χ0) is 15.1. The van der Waals surface area contributed by atoms with E-state index in [9.17, 15) is 4.79 Å². The number of likely N-dealkylation sites (tertiary alicyclic amines) is 1. The summed E-state index contributed by atoms with van der Waals surface area (Å²) in [5, 5.41) is 3.18. The van der Waals surface area contributed by atoms with E-state index in [1.165, 1.54) is 6.42 Å². The smallest absolute Gasteiger partial charge is 0.227 e. The summed E-state index contributed by atoms with van der Waals surface area (Å²) in [7, 11) is 3.62. The summed E-state index contributed by atoms with van der Waals surface area (Å²) < 4.78 is 5.22. The third-order valence-electron chi connectivity index (χ3n) is 4.16. The standard InChI is InChI=1S/C17H26N2O2/c1-18-10-9-15-7-3-4-11-19(15)17(20)13-14-6-5-8-16(12-14)21-2/h5-6,8,12,15,18H,3-4,7,9-11,13H2,1-2H3. The minimum absolute atomic E-state index is 0.240. The van der Waals surface area contributed by atoms with Crippen molar-refractivity contribution in [3.8, 4) is 5.75 Å². The number of rotatable bonds is 6. The fraction of sp³-hybridized carbons (Fsp3) is 0.588. The van der Waals surface area contributed by atoms with Crippen LogP contribution in [-0.4, -0.2) is 44.1 Å². The Balaban J connectivity index is 1.99. The van der Waals surface area contributed by atoms with Crippen LogP contribution in [-0.2, 0) is 11.2 Å². The maximum Gasteiger partial charge on any atom is 0.227 e. The zero-order valence-corrected chi connectivity index (χ0v) is 13.1. The highest BCUT2D eigenvalue weighted by Gasteiger charge is 2.26. The van der Waals surface area contributed by atoms with Crippen molar-refractivity contribution in [2.24, 2.45) is 0 Å². The van der Waals surface area contributed by atoms with Gasteiger partial charge in [0, 0.05) is 12.6 Å². The number of hydrogen-bond acceptors (Lipinski definition) is 3. The highest BCUT2D eigenvalue weighted by Crippen LogP contribution is 2.21. The molecule has 116 valence electrons. The Morgan fingerprint density at radius 1 is 1.43 bits per heavy atom. The van der Waals surface area contributed by atoms with E-state index in [2.05, 4.69) is 10.2 Å². The van der Waals surface area contributed by atoms with Gasteiger partial charge in [0.1, 0.15) is 5.75 Å². The molecule has 1 aromatic carbocycles. The first-order valence-corrected chi connectivity index (χ1v) is 7.81. The molecule has 1 atom stereocenters. The molecule has 1 N–H and O–H groups in total. The van der Waals surface area contributed by atoms with Crippen molar-refractivity contribution in [1.82, 2.24) is 10.2 Å². The van der Waals surface area contributed by atoms with Gasteiger partial charge in [-0.15, -0.1) is 0 Å². The van der Waals surface area contributed by atoms with E-state index in [4.69, 9.17) is 4.74 Å². The van der Waals surface area contributed by atoms with E-state index in [-0.39, 0.29) is 5.91 Å². The lowest BCUT2D eigenvalue weighted by molar-refractivity contribution is -0.134. The summed E-state index contributed by atoms with van der Waals surface area (Å²) in [4.78, 5) is 14.7. The number of benzene rings is 1. The molecule has 4 nitrogen and oxygen atoms in total. The van der Waals surface area contributed by atoms with Crippen molar-refractivity contribution in [3.63, 3.8) is 0 Å². The SMILES string of the molecule is CNCCC1CCCCN1C(=O)Cc1cccc(OC)c1. The van der Waals surface area contributed by atoms with Gasteiger partial charge in [-0.25, -0.2) is 0 Å². The second-order valence-corrected chi connectivity index (χ2v) is 5.66. The fourth-order valence-electron chi connectivity index (χ4n) is 3.00. The van der Waals surface area contributed by atoms with Gasteiger partial charge in [-0.3, -0.25) is 4.79 Å². The molecule has 1 aliphatic rings. The predicted molar refractivity (Wildman–Crippen MR) is 84.6 cm³/mol. The first-order valence-electron chi connectivity index (χ1n) is 7.81. The minimum atomic E-state index is 0.240. The molecule has 1 aliphatic heterocycles. The lowest BCUT2D eigenvalue weighted by atomic mass is 9.98. The predicted octanol–water partition coefficient (Wildman–Crippen LogP) is 2.23. The maximum atomic E-state index is 12.6. The second-order valence-electron chi connectivity index (χ2n) is 5.66. The number of methoxy groups -OCH3 is 1. The molecule has 1 saturated heterocycles. The maximum absolute atomic E-state index is 12.6. The molecule has 0 aromatic heterocycles. The highest BCUT2D eigenvalue weighted by molar-refractivity contribution is 5.79. The minimum Gasteiger partial charge on any atom is -0.497 e. The molecule has 1 fully saturated rings. The summed E-state index contributed by atoms with van der Waals surface area (Å²) in [5.74, 6) is 1.05. The lowest BCUT2D eigenvalue weighted by Gasteiger charge is -2.36. The Morgan fingerprint density at radius 3 is 3.05 bits per heavy atom. The molecule has 0 spiro atoms. The molecular formula is C17H26N2O2. The summed E-state index contributed by atoms with van der Waals surface area (Å²) in [5.41, 5.74) is 1.03. The molecule has 0 saturated carbocycles. The van der Waals surface area contributed by atoms with E-state index >= 15 is 0 Å². The molecule has 0 bridgehead atoms. The first kappa shape index (κ1) is 15.8. The number of amides is 1.